The molecule has 3 rings (SSSR count). The van der Waals surface area contributed by atoms with E-state index in [1.54, 1.807) is 18.3 Å². The first kappa shape index (κ1) is 23.0. The summed E-state index contributed by atoms with van der Waals surface area (Å²) in [5, 5.41) is 9.23. The molecule has 0 aliphatic carbocycles. The average Bonchev–Trinajstić information content (AvgIpc) is 3.13. The summed E-state index contributed by atoms with van der Waals surface area (Å²) in [6.45, 7) is 9.21. The molecule has 164 valence electrons. The Labute approximate surface area is 188 Å². The summed E-state index contributed by atoms with van der Waals surface area (Å²) in [5.74, 6) is 0.358. The lowest BCUT2D eigenvalue weighted by Crippen LogP contribution is -2.26. The minimum Gasteiger partial charge on any atom is -0.488 e. The number of ether oxygens (including phenoxy) is 2. The maximum Gasteiger partial charge on any atom is 0.333 e. The van der Waals surface area contributed by atoms with E-state index < -0.39 is 12.1 Å². The molecule has 0 bridgehead atoms. The van der Waals surface area contributed by atoms with E-state index in [9.17, 15) is 9.90 Å². The Morgan fingerprint density at radius 3 is 2.32 bits per heavy atom. The molecule has 1 aromatic heterocycles. The fourth-order valence-electron chi connectivity index (χ4n) is 3.34. The van der Waals surface area contributed by atoms with E-state index in [2.05, 4.69) is 51.1 Å². The Balaban J connectivity index is 1.62. The highest BCUT2D eigenvalue weighted by Gasteiger charge is 2.18. The monoisotopic (exact) mass is 438 g/mol. The van der Waals surface area contributed by atoms with Crippen LogP contribution in [-0.4, -0.2) is 23.8 Å². The van der Waals surface area contributed by atoms with Crippen molar-refractivity contribution >= 4 is 17.3 Å². The molecule has 1 N–H and O–H groups in total. The number of carbonyl (C=O) groups is 1. The van der Waals surface area contributed by atoms with Crippen molar-refractivity contribution in [2.75, 3.05) is 6.61 Å². The first-order valence-electron chi connectivity index (χ1n) is 10.6. The number of benzene rings is 2. The quantitative estimate of drug-likeness (QED) is 0.395. The molecule has 0 amide bonds. The number of aliphatic carboxylic acids is 1. The minimum absolute atomic E-state index is 0.340. The molecule has 1 unspecified atom stereocenters. The van der Waals surface area contributed by atoms with Gasteiger partial charge in [0.05, 0.1) is 0 Å². The molecular formula is C26H30O4S. The van der Waals surface area contributed by atoms with E-state index in [4.69, 9.17) is 9.47 Å². The van der Waals surface area contributed by atoms with Gasteiger partial charge in [-0.2, -0.15) is 0 Å². The molecular weight excluding hydrogens is 408 g/mol. The van der Waals surface area contributed by atoms with Gasteiger partial charge in [-0.05, 0) is 60.2 Å². The smallest absolute Gasteiger partial charge is 0.333 e. The molecule has 1 atom stereocenters. The zero-order valence-electron chi connectivity index (χ0n) is 18.6. The lowest BCUT2D eigenvalue weighted by molar-refractivity contribution is -0.149. The summed E-state index contributed by atoms with van der Waals surface area (Å²) < 4.78 is 11.3. The summed E-state index contributed by atoms with van der Waals surface area (Å²) in [4.78, 5) is 13.7. The van der Waals surface area contributed by atoms with Crippen LogP contribution in [0.4, 0.5) is 0 Å². The van der Waals surface area contributed by atoms with Gasteiger partial charge in [0.25, 0.3) is 0 Å². The molecule has 2 aromatic carbocycles. The number of carboxylic acid groups (broad SMARTS) is 1. The number of carboxylic acids is 1. The largest absolute Gasteiger partial charge is 0.488 e. The SMILES string of the molecule is CCOC(Cc1ccc(OCc2sc(-c3ccc(C(C)C)cc3)cc2C)cc1)C(=O)O. The Morgan fingerprint density at radius 1 is 1.06 bits per heavy atom. The van der Waals surface area contributed by atoms with Crippen LogP contribution in [0.1, 0.15) is 48.3 Å². The molecule has 0 saturated heterocycles. The van der Waals surface area contributed by atoms with E-state index in [-0.39, 0.29) is 0 Å². The molecule has 0 saturated carbocycles. The van der Waals surface area contributed by atoms with Crippen LogP contribution < -0.4 is 4.74 Å². The Bertz CT molecular complexity index is 987. The minimum atomic E-state index is -0.940. The molecule has 0 radical (unpaired) electrons. The van der Waals surface area contributed by atoms with Crippen LogP contribution in [0.2, 0.25) is 0 Å². The molecule has 4 nitrogen and oxygen atoms in total. The molecule has 31 heavy (non-hydrogen) atoms. The maximum absolute atomic E-state index is 11.3. The van der Waals surface area contributed by atoms with Crippen molar-refractivity contribution in [3.8, 4) is 16.2 Å². The molecule has 0 aliphatic rings. The van der Waals surface area contributed by atoms with Gasteiger partial charge in [0, 0.05) is 22.8 Å². The third kappa shape index (κ3) is 6.18. The topological polar surface area (TPSA) is 55.8 Å². The fraction of sp³-hybridized carbons (Fsp3) is 0.346. The number of thiophene rings is 1. The third-order valence-electron chi connectivity index (χ3n) is 5.24. The Morgan fingerprint density at radius 2 is 1.74 bits per heavy atom. The van der Waals surface area contributed by atoms with Gasteiger partial charge >= 0.3 is 5.97 Å². The van der Waals surface area contributed by atoms with E-state index in [1.807, 2.05) is 24.3 Å². The number of rotatable bonds is 10. The lowest BCUT2D eigenvalue weighted by Gasteiger charge is -2.13. The van der Waals surface area contributed by atoms with Gasteiger partial charge in [-0.1, -0.05) is 50.2 Å². The summed E-state index contributed by atoms with van der Waals surface area (Å²) in [6, 6.07) is 18.6. The van der Waals surface area contributed by atoms with Crippen molar-refractivity contribution < 1.29 is 19.4 Å². The Hall–Kier alpha value is -2.63. The zero-order valence-corrected chi connectivity index (χ0v) is 19.4. The van der Waals surface area contributed by atoms with Crippen LogP contribution in [0, 0.1) is 6.92 Å². The van der Waals surface area contributed by atoms with Gasteiger partial charge in [0.15, 0.2) is 6.10 Å². The van der Waals surface area contributed by atoms with Crippen molar-refractivity contribution in [3.63, 3.8) is 0 Å². The number of hydrogen-bond acceptors (Lipinski definition) is 4. The highest BCUT2D eigenvalue weighted by Crippen LogP contribution is 2.33. The van der Waals surface area contributed by atoms with Crippen LogP contribution in [0.5, 0.6) is 5.75 Å². The maximum atomic E-state index is 11.3. The predicted molar refractivity (Wildman–Crippen MR) is 126 cm³/mol. The first-order valence-corrected chi connectivity index (χ1v) is 11.4. The summed E-state index contributed by atoms with van der Waals surface area (Å²) >= 11 is 1.76. The van der Waals surface area contributed by atoms with Crippen LogP contribution in [-0.2, 0) is 22.6 Å². The van der Waals surface area contributed by atoms with Crippen molar-refractivity contribution in [3.05, 3.63) is 76.2 Å². The summed E-state index contributed by atoms with van der Waals surface area (Å²) in [7, 11) is 0. The normalized spacial score (nSPS) is 12.2. The number of hydrogen-bond donors (Lipinski definition) is 1. The van der Waals surface area contributed by atoms with Crippen LogP contribution in [0.25, 0.3) is 10.4 Å². The molecule has 0 spiro atoms. The van der Waals surface area contributed by atoms with E-state index in [1.165, 1.54) is 26.4 Å². The van der Waals surface area contributed by atoms with Crippen molar-refractivity contribution in [1.29, 1.82) is 0 Å². The highest BCUT2D eigenvalue weighted by molar-refractivity contribution is 7.15. The second-order valence-electron chi connectivity index (χ2n) is 7.91. The molecule has 1 heterocycles. The van der Waals surface area contributed by atoms with E-state index >= 15 is 0 Å². The molecule has 0 fully saturated rings. The molecule has 0 aliphatic heterocycles. The summed E-state index contributed by atoms with van der Waals surface area (Å²) in [6.07, 6.45) is -0.481. The highest BCUT2D eigenvalue weighted by atomic mass is 32.1. The van der Waals surface area contributed by atoms with Crippen molar-refractivity contribution in [2.24, 2.45) is 0 Å². The van der Waals surface area contributed by atoms with Crippen LogP contribution in [0.3, 0.4) is 0 Å². The Kier molecular flexibility index (Phi) is 7.88. The fourth-order valence-corrected chi connectivity index (χ4v) is 4.43. The van der Waals surface area contributed by atoms with Gasteiger partial charge in [-0.25, -0.2) is 4.79 Å². The molecule has 3 aromatic rings. The van der Waals surface area contributed by atoms with E-state index in [0.717, 1.165) is 11.3 Å². The van der Waals surface area contributed by atoms with Gasteiger partial charge in [0.2, 0.25) is 0 Å². The molecule has 5 heteroatoms. The predicted octanol–water partition coefficient (Wildman–Crippen LogP) is 6.46. The number of aryl methyl sites for hydroxylation is 1. The zero-order chi connectivity index (χ0) is 22.4. The summed E-state index contributed by atoms with van der Waals surface area (Å²) in [5.41, 5.74) is 4.72. The van der Waals surface area contributed by atoms with Crippen LogP contribution in [0.15, 0.2) is 54.6 Å². The van der Waals surface area contributed by atoms with Gasteiger partial charge in [-0.3, -0.25) is 0 Å². The van der Waals surface area contributed by atoms with Crippen molar-refractivity contribution in [2.45, 2.75) is 52.7 Å². The van der Waals surface area contributed by atoms with Gasteiger partial charge < -0.3 is 14.6 Å². The van der Waals surface area contributed by atoms with Crippen molar-refractivity contribution in [1.82, 2.24) is 0 Å². The van der Waals surface area contributed by atoms with Gasteiger partial charge in [-0.15, -0.1) is 11.3 Å². The van der Waals surface area contributed by atoms with Gasteiger partial charge in [0.1, 0.15) is 12.4 Å². The second kappa shape index (κ2) is 10.6. The van der Waals surface area contributed by atoms with E-state index in [0.29, 0.717) is 25.6 Å². The van der Waals surface area contributed by atoms with Crippen LogP contribution >= 0.6 is 11.3 Å². The average molecular weight is 439 g/mol. The third-order valence-corrected chi connectivity index (χ3v) is 6.50. The lowest BCUT2D eigenvalue weighted by atomic mass is 10.0. The second-order valence-corrected chi connectivity index (χ2v) is 9.05. The standard InChI is InChI=1S/C26H30O4S/c1-5-29-23(26(27)28)15-19-6-12-22(13-7-19)30-16-25-18(4)14-24(31-25)21-10-8-20(9-11-21)17(2)3/h6-14,17,23H,5,15-16H2,1-4H3,(H,27,28). The first-order chi connectivity index (χ1) is 14.9.